The predicted octanol–water partition coefficient (Wildman–Crippen LogP) is 3.79. The maximum atomic E-state index is 5.83. The van der Waals surface area contributed by atoms with Gasteiger partial charge in [0.05, 0.1) is 25.2 Å². The number of aryl methyl sites for hydroxylation is 1. The van der Waals surface area contributed by atoms with Crippen LogP contribution in [0.25, 0.3) is 22.4 Å². The zero-order valence-electron chi connectivity index (χ0n) is 17.8. The van der Waals surface area contributed by atoms with Crippen LogP contribution in [0.1, 0.15) is 30.3 Å². The van der Waals surface area contributed by atoms with Crippen molar-refractivity contribution in [3.8, 4) is 17.3 Å². The van der Waals surface area contributed by atoms with E-state index in [1.54, 1.807) is 24.2 Å². The van der Waals surface area contributed by atoms with Crippen LogP contribution in [0, 0.1) is 6.92 Å². The summed E-state index contributed by atoms with van der Waals surface area (Å²) in [5.74, 6) is 2.25. The van der Waals surface area contributed by atoms with Crippen molar-refractivity contribution in [3.63, 3.8) is 0 Å². The summed E-state index contributed by atoms with van der Waals surface area (Å²) in [6, 6.07) is 1.13. The number of nitrogens with zero attached hydrogens (tertiary/aromatic N) is 6. The monoisotopic (exact) mass is 412 g/mol. The van der Waals surface area contributed by atoms with E-state index in [0.29, 0.717) is 30.2 Å². The number of hydrogen-bond acceptors (Lipinski definition) is 7. The Hall–Kier alpha value is -2.39. The van der Waals surface area contributed by atoms with E-state index >= 15 is 0 Å². The molecule has 0 atom stereocenters. The van der Waals surface area contributed by atoms with Gasteiger partial charge >= 0.3 is 0 Å². The summed E-state index contributed by atoms with van der Waals surface area (Å²) in [5, 5.41) is 4.43. The van der Waals surface area contributed by atoms with Crippen LogP contribution in [0.5, 0.6) is 5.88 Å². The summed E-state index contributed by atoms with van der Waals surface area (Å²) >= 11 is 0. The molecule has 0 amide bonds. The van der Waals surface area contributed by atoms with Crippen LogP contribution in [-0.2, 0) is 11.5 Å². The Morgan fingerprint density at radius 2 is 1.93 bits per heavy atom. The molecule has 0 radical (unpaired) electrons. The average molecular weight is 413 g/mol. The van der Waals surface area contributed by atoms with Gasteiger partial charge in [0.15, 0.2) is 5.82 Å². The molecule has 3 aromatic heterocycles. The first-order valence-electron chi connectivity index (χ1n) is 10.0. The molecule has 154 valence electrons. The second-order valence-electron chi connectivity index (χ2n) is 8.77. The summed E-state index contributed by atoms with van der Waals surface area (Å²) in [4.78, 5) is 18.5. The molecule has 0 saturated heterocycles. The van der Waals surface area contributed by atoms with E-state index in [4.69, 9.17) is 14.5 Å². The number of hydrogen-bond donors (Lipinski definition) is 0. The lowest BCUT2D eigenvalue weighted by Crippen LogP contribution is -2.22. The summed E-state index contributed by atoms with van der Waals surface area (Å²) in [5.41, 5.74) is 3.40. The van der Waals surface area contributed by atoms with Crippen molar-refractivity contribution in [2.45, 2.75) is 58.1 Å². The Balaban J connectivity index is 1.61. The molecule has 1 fully saturated rings. The molecule has 0 unspecified atom stereocenters. The van der Waals surface area contributed by atoms with Crippen LogP contribution in [0.4, 0.5) is 0 Å². The number of ether oxygens (including phenoxy) is 2. The average Bonchev–Trinajstić information content (AvgIpc) is 3.44. The maximum absolute atomic E-state index is 5.83. The third kappa shape index (κ3) is 4.45. The summed E-state index contributed by atoms with van der Waals surface area (Å²) in [6.07, 6.45) is 5.80. The van der Waals surface area contributed by atoms with E-state index in [9.17, 15) is 0 Å². The molecule has 0 aliphatic heterocycles. The molecule has 9 heteroatoms. The van der Waals surface area contributed by atoms with Crippen molar-refractivity contribution in [1.29, 1.82) is 0 Å². The number of methoxy groups -OCH3 is 1. The molecule has 4 rings (SSSR count). The molecule has 29 heavy (non-hydrogen) atoms. The lowest BCUT2D eigenvalue weighted by Gasteiger charge is -2.15. The zero-order valence-corrected chi connectivity index (χ0v) is 18.8. The van der Waals surface area contributed by atoms with E-state index in [2.05, 4.69) is 39.7 Å². The first-order valence-corrected chi connectivity index (χ1v) is 13.8. The third-order valence-electron chi connectivity index (χ3n) is 5.00. The highest BCUT2D eigenvalue weighted by Gasteiger charge is 2.32. The molecule has 0 N–H and O–H groups in total. The predicted molar refractivity (Wildman–Crippen MR) is 114 cm³/mol. The summed E-state index contributed by atoms with van der Waals surface area (Å²) < 4.78 is 13.2. The van der Waals surface area contributed by atoms with Crippen LogP contribution < -0.4 is 4.74 Å². The third-order valence-corrected chi connectivity index (χ3v) is 6.71. The van der Waals surface area contributed by atoms with Gasteiger partial charge in [0, 0.05) is 20.6 Å². The Bertz CT molecular complexity index is 1030. The standard InChI is InChI=1S/C20H28N6O2Si/c1-13-23-18(14-6-7-14)17(20(24-13)27-2)19-21-11-16-15(25-19)10-22-26(16)12-28-8-9-29(3,4)5/h10-11,14H,6-9,12H2,1-5H3. The molecule has 0 aromatic carbocycles. The van der Waals surface area contributed by atoms with Crippen molar-refractivity contribution in [2.24, 2.45) is 0 Å². The minimum absolute atomic E-state index is 0.404. The topological polar surface area (TPSA) is 87.8 Å². The van der Waals surface area contributed by atoms with Gasteiger partial charge in [-0.1, -0.05) is 19.6 Å². The maximum Gasteiger partial charge on any atom is 0.228 e. The highest BCUT2D eigenvalue weighted by Crippen LogP contribution is 2.45. The van der Waals surface area contributed by atoms with Crippen molar-refractivity contribution >= 4 is 19.1 Å². The molecule has 0 bridgehead atoms. The number of rotatable bonds is 8. The number of aromatic nitrogens is 6. The van der Waals surface area contributed by atoms with Gasteiger partial charge < -0.3 is 9.47 Å². The Kier molecular flexibility index (Phi) is 5.35. The van der Waals surface area contributed by atoms with Gasteiger partial charge in [0.1, 0.15) is 29.2 Å². The van der Waals surface area contributed by atoms with Gasteiger partial charge in [0.25, 0.3) is 0 Å². The van der Waals surface area contributed by atoms with Gasteiger partial charge in [-0.15, -0.1) is 0 Å². The Morgan fingerprint density at radius 3 is 2.62 bits per heavy atom. The van der Waals surface area contributed by atoms with Crippen molar-refractivity contribution in [1.82, 2.24) is 29.7 Å². The normalized spacial score (nSPS) is 14.5. The second-order valence-corrected chi connectivity index (χ2v) is 14.4. The first kappa shape index (κ1) is 19.9. The smallest absolute Gasteiger partial charge is 0.228 e. The van der Waals surface area contributed by atoms with Crippen LogP contribution in [-0.4, -0.2) is 51.5 Å². The van der Waals surface area contributed by atoms with Crippen LogP contribution in [0.15, 0.2) is 12.4 Å². The number of fused-ring (bicyclic) bond motifs is 1. The zero-order chi connectivity index (χ0) is 20.6. The summed E-state index contributed by atoms with van der Waals surface area (Å²) in [7, 11) is 0.517. The van der Waals surface area contributed by atoms with Gasteiger partial charge in [-0.25, -0.2) is 19.6 Å². The van der Waals surface area contributed by atoms with Gasteiger partial charge in [-0.2, -0.15) is 10.1 Å². The van der Waals surface area contributed by atoms with Gasteiger partial charge in [0.2, 0.25) is 5.88 Å². The lowest BCUT2D eigenvalue weighted by molar-refractivity contribution is 0.0816. The molecule has 8 nitrogen and oxygen atoms in total. The lowest BCUT2D eigenvalue weighted by atomic mass is 10.1. The van der Waals surface area contributed by atoms with E-state index in [1.807, 2.05) is 6.92 Å². The first-order chi connectivity index (χ1) is 13.9. The minimum atomic E-state index is -1.10. The molecular formula is C20H28N6O2Si. The quantitative estimate of drug-likeness (QED) is 0.411. The van der Waals surface area contributed by atoms with E-state index in [-0.39, 0.29) is 0 Å². The fourth-order valence-electron chi connectivity index (χ4n) is 3.20. The van der Waals surface area contributed by atoms with Crippen molar-refractivity contribution in [2.75, 3.05) is 13.7 Å². The second kappa shape index (κ2) is 7.79. The molecule has 3 aromatic rings. The SMILES string of the molecule is COc1nc(C)nc(C2CC2)c1-c1ncc2c(cnn2COCC[Si](C)(C)C)n1. The fraction of sp³-hybridized carbons (Fsp3) is 0.550. The minimum Gasteiger partial charge on any atom is -0.480 e. The van der Waals surface area contributed by atoms with Gasteiger partial charge in [-0.3, -0.25) is 0 Å². The van der Waals surface area contributed by atoms with E-state index < -0.39 is 8.07 Å². The molecule has 1 saturated carbocycles. The van der Waals surface area contributed by atoms with Crippen LogP contribution in [0.3, 0.4) is 0 Å². The van der Waals surface area contributed by atoms with Gasteiger partial charge in [-0.05, 0) is 25.8 Å². The Morgan fingerprint density at radius 1 is 1.14 bits per heavy atom. The van der Waals surface area contributed by atoms with Crippen LogP contribution >= 0.6 is 0 Å². The highest BCUT2D eigenvalue weighted by molar-refractivity contribution is 6.76. The Labute approximate surface area is 171 Å². The highest BCUT2D eigenvalue weighted by atomic mass is 28.3. The van der Waals surface area contributed by atoms with E-state index in [0.717, 1.165) is 47.8 Å². The molecule has 1 aliphatic carbocycles. The van der Waals surface area contributed by atoms with Crippen LogP contribution in [0.2, 0.25) is 25.7 Å². The fourth-order valence-corrected chi connectivity index (χ4v) is 3.96. The van der Waals surface area contributed by atoms with E-state index in [1.165, 1.54) is 0 Å². The molecule has 0 spiro atoms. The largest absolute Gasteiger partial charge is 0.480 e. The molecule has 1 aliphatic rings. The van der Waals surface area contributed by atoms with Crippen molar-refractivity contribution in [3.05, 3.63) is 23.9 Å². The molecule has 3 heterocycles. The van der Waals surface area contributed by atoms with Crippen molar-refractivity contribution < 1.29 is 9.47 Å². The summed E-state index contributed by atoms with van der Waals surface area (Å²) in [6.45, 7) is 10.1. The molecular weight excluding hydrogens is 384 g/mol.